The molecule has 0 spiro atoms. The number of aliphatic carboxylic acids is 1. The lowest BCUT2D eigenvalue weighted by Crippen LogP contribution is -2.43. The van der Waals surface area contributed by atoms with Crippen LogP contribution in [0, 0.1) is 5.92 Å². The van der Waals surface area contributed by atoms with E-state index in [1.54, 1.807) is 11.0 Å². The minimum Gasteiger partial charge on any atom is -0.481 e. The summed E-state index contributed by atoms with van der Waals surface area (Å²) in [4.78, 5) is 26.0. The van der Waals surface area contributed by atoms with Crippen LogP contribution in [0.1, 0.15) is 30.6 Å². The summed E-state index contributed by atoms with van der Waals surface area (Å²) < 4.78 is 0.664. The summed E-state index contributed by atoms with van der Waals surface area (Å²) in [6.45, 7) is 2.80. The quantitative estimate of drug-likeness (QED) is 0.934. The molecule has 0 saturated carbocycles. The SMILES string of the molecule is CC(C(=O)N1CCC[C@H](C(=O)O)C1)c1ccc(Cl)s1. The molecule has 1 aliphatic rings. The van der Waals surface area contributed by atoms with Crippen molar-refractivity contribution in [1.82, 2.24) is 4.90 Å². The molecule has 4 nitrogen and oxygen atoms in total. The Kier molecular flexibility index (Phi) is 4.47. The van der Waals surface area contributed by atoms with Crippen LogP contribution in [0.25, 0.3) is 0 Å². The van der Waals surface area contributed by atoms with Crippen LogP contribution >= 0.6 is 22.9 Å². The molecule has 2 heterocycles. The second-order valence-corrected chi connectivity index (χ2v) is 6.57. The Morgan fingerprint density at radius 2 is 2.26 bits per heavy atom. The standard InChI is InChI=1S/C13H16ClNO3S/c1-8(10-4-5-11(14)19-10)12(16)15-6-2-3-9(7-15)13(17)18/h4-5,8-9H,2-3,6-7H2,1H3,(H,17,18)/t8?,9-/m0/s1. The normalized spacial score (nSPS) is 21.2. The third-order valence-electron chi connectivity index (χ3n) is 3.47. The first-order chi connectivity index (χ1) is 8.99. The number of nitrogens with zero attached hydrogens (tertiary/aromatic N) is 1. The molecule has 1 aromatic heterocycles. The van der Waals surface area contributed by atoms with E-state index in [2.05, 4.69) is 0 Å². The van der Waals surface area contributed by atoms with Gasteiger partial charge in [0.25, 0.3) is 0 Å². The summed E-state index contributed by atoms with van der Waals surface area (Å²) in [5, 5.41) is 9.04. The molecule has 19 heavy (non-hydrogen) atoms. The summed E-state index contributed by atoms with van der Waals surface area (Å²) in [7, 11) is 0. The minimum atomic E-state index is -0.815. The summed E-state index contributed by atoms with van der Waals surface area (Å²) in [6, 6.07) is 3.63. The molecule has 6 heteroatoms. The molecule has 0 aliphatic carbocycles. The fourth-order valence-electron chi connectivity index (χ4n) is 2.34. The topological polar surface area (TPSA) is 57.6 Å². The Labute approximate surface area is 121 Å². The maximum atomic E-state index is 12.4. The number of carbonyl (C=O) groups excluding carboxylic acids is 1. The van der Waals surface area contributed by atoms with E-state index < -0.39 is 11.9 Å². The molecule has 0 radical (unpaired) electrons. The van der Waals surface area contributed by atoms with Crippen molar-refractivity contribution >= 4 is 34.8 Å². The monoisotopic (exact) mass is 301 g/mol. The van der Waals surface area contributed by atoms with E-state index in [0.29, 0.717) is 23.8 Å². The highest BCUT2D eigenvalue weighted by Crippen LogP contribution is 2.30. The van der Waals surface area contributed by atoms with Gasteiger partial charge in [0.15, 0.2) is 0 Å². The van der Waals surface area contributed by atoms with E-state index in [9.17, 15) is 9.59 Å². The predicted octanol–water partition coefficient (Wildman–Crippen LogP) is 2.83. The number of thiophene rings is 1. The second-order valence-electron chi connectivity index (χ2n) is 4.83. The molecular weight excluding hydrogens is 286 g/mol. The number of carbonyl (C=O) groups is 2. The molecule has 1 fully saturated rings. The van der Waals surface area contributed by atoms with Crippen LogP contribution in [-0.2, 0) is 9.59 Å². The highest BCUT2D eigenvalue weighted by molar-refractivity contribution is 7.16. The molecule has 1 aromatic rings. The van der Waals surface area contributed by atoms with Gasteiger partial charge in [-0.15, -0.1) is 11.3 Å². The lowest BCUT2D eigenvalue weighted by molar-refractivity contribution is -0.146. The van der Waals surface area contributed by atoms with Crippen LogP contribution in [0.5, 0.6) is 0 Å². The van der Waals surface area contributed by atoms with Crippen molar-refractivity contribution in [2.75, 3.05) is 13.1 Å². The lowest BCUT2D eigenvalue weighted by atomic mass is 9.96. The maximum Gasteiger partial charge on any atom is 0.308 e. The molecule has 1 aliphatic heterocycles. The Morgan fingerprint density at radius 1 is 1.53 bits per heavy atom. The molecule has 2 atom stereocenters. The number of carboxylic acids is 1. The third kappa shape index (κ3) is 3.28. The van der Waals surface area contributed by atoms with Crippen molar-refractivity contribution in [1.29, 1.82) is 0 Å². The van der Waals surface area contributed by atoms with Gasteiger partial charge in [-0.1, -0.05) is 11.6 Å². The maximum absolute atomic E-state index is 12.4. The lowest BCUT2D eigenvalue weighted by Gasteiger charge is -2.32. The van der Waals surface area contributed by atoms with E-state index in [-0.39, 0.29) is 11.8 Å². The van der Waals surface area contributed by atoms with Crippen LogP contribution in [0.15, 0.2) is 12.1 Å². The zero-order chi connectivity index (χ0) is 14.0. The molecule has 2 rings (SSSR count). The molecule has 0 bridgehead atoms. The Bertz CT molecular complexity index is 488. The van der Waals surface area contributed by atoms with Crippen LogP contribution < -0.4 is 0 Å². The Hall–Kier alpha value is -1.07. The largest absolute Gasteiger partial charge is 0.481 e. The fraction of sp³-hybridized carbons (Fsp3) is 0.538. The fourth-order valence-corrected chi connectivity index (χ4v) is 3.44. The van der Waals surface area contributed by atoms with Gasteiger partial charge < -0.3 is 10.0 Å². The number of halogens is 1. The van der Waals surface area contributed by atoms with Crippen LogP contribution in [0.3, 0.4) is 0 Å². The summed E-state index contributed by atoms with van der Waals surface area (Å²) in [5.41, 5.74) is 0. The van der Waals surface area contributed by atoms with E-state index in [1.807, 2.05) is 13.0 Å². The number of likely N-dealkylation sites (tertiary alicyclic amines) is 1. The summed E-state index contributed by atoms with van der Waals surface area (Å²) in [6.07, 6.45) is 1.40. The average molecular weight is 302 g/mol. The van der Waals surface area contributed by atoms with E-state index in [1.165, 1.54) is 11.3 Å². The van der Waals surface area contributed by atoms with Crippen LogP contribution in [0.4, 0.5) is 0 Å². The van der Waals surface area contributed by atoms with Crippen molar-refractivity contribution in [3.63, 3.8) is 0 Å². The Morgan fingerprint density at radius 3 is 2.84 bits per heavy atom. The predicted molar refractivity (Wildman–Crippen MR) is 74.7 cm³/mol. The van der Waals surface area contributed by atoms with Gasteiger partial charge in [-0.2, -0.15) is 0 Å². The van der Waals surface area contributed by atoms with Gasteiger partial charge in [0.1, 0.15) is 0 Å². The van der Waals surface area contributed by atoms with Crippen molar-refractivity contribution < 1.29 is 14.7 Å². The number of amides is 1. The van der Waals surface area contributed by atoms with E-state index in [4.69, 9.17) is 16.7 Å². The van der Waals surface area contributed by atoms with E-state index >= 15 is 0 Å². The van der Waals surface area contributed by atoms with Gasteiger partial charge in [-0.3, -0.25) is 9.59 Å². The summed E-state index contributed by atoms with van der Waals surface area (Å²) in [5.74, 6) is -1.52. The number of hydrogen-bond acceptors (Lipinski definition) is 3. The second kappa shape index (κ2) is 5.92. The van der Waals surface area contributed by atoms with Gasteiger partial charge in [-0.05, 0) is 31.9 Å². The highest BCUT2D eigenvalue weighted by atomic mass is 35.5. The number of rotatable bonds is 3. The first-order valence-electron chi connectivity index (χ1n) is 6.26. The zero-order valence-corrected chi connectivity index (χ0v) is 12.2. The van der Waals surface area contributed by atoms with Gasteiger partial charge in [0.05, 0.1) is 16.2 Å². The first-order valence-corrected chi connectivity index (χ1v) is 7.45. The minimum absolute atomic E-state index is 0.00975. The average Bonchev–Trinajstić information content (AvgIpc) is 2.84. The zero-order valence-electron chi connectivity index (χ0n) is 10.6. The highest BCUT2D eigenvalue weighted by Gasteiger charge is 2.31. The van der Waals surface area contributed by atoms with Crippen molar-refractivity contribution in [2.45, 2.75) is 25.7 Å². The molecule has 1 saturated heterocycles. The van der Waals surface area contributed by atoms with Crippen molar-refractivity contribution in [3.05, 3.63) is 21.3 Å². The Balaban J connectivity index is 2.04. The van der Waals surface area contributed by atoms with Gasteiger partial charge in [-0.25, -0.2) is 0 Å². The van der Waals surface area contributed by atoms with Gasteiger partial charge >= 0.3 is 5.97 Å². The molecule has 1 amide bonds. The van der Waals surface area contributed by atoms with Gasteiger partial charge in [0.2, 0.25) is 5.91 Å². The van der Waals surface area contributed by atoms with Crippen LogP contribution in [-0.4, -0.2) is 35.0 Å². The summed E-state index contributed by atoms with van der Waals surface area (Å²) >= 11 is 7.27. The van der Waals surface area contributed by atoms with Crippen molar-refractivity contribution in [3.8, 4) is 0 Å². The number of carboxylic acid groups (broad SMARTS) is 1. The first kappa shape index (κ1) is 14.3. The molecule has 0 aromatic carbocycles. The third-order valence-corrected chi connectivity index (χ3v) is 4.89. The number of hydrogen-bond donors (Lipinski definition) is 1. The van der Waals surface area contributed by atoms with Gasteiger partial charge in [0, 0.05) is 18.0 Å². The molecule has 1 N–H and O–H groups in total. The number of piperidine rings is 1. The van der Waals surface area contributed by atoms with Crippen molar-refractivity contribution in [2.24, 2.45) is 5.92 Å². The smallest absolute Gasteiger partial charge is 0.308 e. The van der Waals surface area contributed by atoms with Crippen LogP contribution in [0.2, 0.25) is 4.34 Å². The molecular formula is C13H16ClNO3S. The molecule has 104 valence electrons. The van der Waals surface area contributed by atoms with E-state index in [0.717, 1.165) is 11.3 Å². The molecule has 1 unspecified atom stereocenters.